The van der Waals surface area contributed by atoms with E-state index < -0.39 is 0 Å². The molecule has 2 aromatic rings. The molecule has 0 saturated heterocycles. The Morgan fingerprint density at radius 1 is 0.857 bits per heavy atom. The molecule has 21 heavy (non-hydrogen) atoms. The SMILES string of the molecule is O=C1c2ccccc2C(=O)N1[C@@H]1CCCc2ccccc21. The number of rotatable bonds is 1. The molecule has 3 heteroatoms. The lowest BCUT2D eigenvalue weighted by atomic mass is 9.87. The van der Waals surface area contributed by atoms with Crippen LogP contribution < -0.4 is 0 Å². The van der Waals surface area contributed by atoms with Gasteiger partial charge in [-0.2, -0.15) is 0 Å². The summed E-state index contributed by atoms with van der Waals surface area (Å²) in [5.41, 5.74) is 3.44. The Kier molecular flexibility index (Phi) is 2.67. The molecule has 0 spiro atoms. The van der Waals surface area contributed by atoms with Crippen molar-refractivity contribution in [3.63, 3.8) is 0 Å². The Morgan fingerprint density at radius 2 is 1.48 bits per heavy atom. The Bertz CT molecular complexity index is 715. The average Bonchev–Trinajstić information content (AvgIpc) is 2.79. The van der Waals surface area contributed by atoms with E-state index >= 15 is 0 Å². The molecule has 1 aliphatic carbocycles. The van der Waals surface area contributed by atoms with E-state index in [1.807, 2.05) is 30.3 Å². The third-order valence-electron chi connectivity index (χ3n) is 4.47. The van der Waals surface area contributed by atoms with Crippen molar-refractivity contribution in [1.29, 1.82) is 0 Å². The highest BCUT2D eigenvalue weighted by molar-refractivity contribution is 6.21. The summed E-state index contributed by atoms with van der Waals surface area (Å²) in [4.78, 5) is 26.7. The van der Waals surface area contributed by atoms with Gasteiger partial charge in [-0.3, -0.25) is 14.5 Å². The van der Waals surface area contributed by atoms with Crippen LogP contribution in [0.5, 0.6) is 0 Å². The molecule has 0 radical (unpaired) electrons. The highest BCUT2D eigenvalue weighted by Crippen LogP contribution is 2.38. The first-order chi connectivity index (χ1) is 10.3. The van der Waals surface area contributed by atoms with Crippen molar-refractivity contribution < 1.29 is 9.59 Å². The standard InChI is InChI=1S/C18H15NO2/c20-17-14-9-3-4-10-15(14)18(21)19(17)16-11-5-7-12-6-1-2-8-13(12)16/h1-4,6,8-10,16H,5,7,11H2/t16-/m1/s1. The number of amides is 2. The quantitative estimate of drug-likeness (QED) is 0.749. The van der Waals surface area contributed by atoms with Gasteiger partial charge in [0.2, 0.25) is 0 Å². The van der Waals surface area contributed by atoms with Gasteiger partial charge in [0, 0.05) is 0 Å². The van der Waals surface area contributed by atoms with Crippen molar-refractivity contribution >= 4 is 11.8 Å². The Labute approximate surface area is 123 Å². The Morgan fingerprint density at radius 3 is 2.19 bits per heavy atom. The minimum atomic E-state index is -0.155. The van der Waals surface area contributed by atoms with Gasteiger partial charge in [-0.25, -0.2) is 0 Å². The number of fused-ring (bicyclic) bond motifs is 2. The monoisotopic (exact) mass is 277 g/mol. The molecule has 1 heterocycles. The van der Waals surface area contributed by atoms with E-state index in [0.29, 0.717) is 11.1 Å². The number of aryl methyl sites for hydroxylation is 1. The highest BCUT2D eigenvalue weighted by atomic mass is 16.2. The van der Waals surface area contributed by atoms with Gasteiger partial charge in [0.15, 0.2) is 0 Å². The molecule has 0 bridgehead atoms. The predicted molar refractivity (Wildman–Crippen MR) is 79.1 cm³/mol. The number of carbonyl (C=O) groups is 2. The van der Waals surface area contributed by atoms with Crippen LogP contribution in [0.4, 0.5) is 0 Å². The lowest BCUT2D eigenvalue weighted by Gasteiger charge is -2.31. The maximum atomic E-state index is 12.6. The van der Waals surface area contributed by atoms with Gasteiger partial charge in [-0.1, -0.05) is 36.4 Å². The van der Waals surface area contributed by atoms with Crippen LogP contribution in [0.1, 0.15) is 50.7 Å². The molecular weight excluding hydrogens is 262 g/mol. The first-order valence-corrected chi connectivity index (χ1v) is 7.32. The number of nitrogens with zero attached hydrogens (tertiary/aromatic N) is 1. The number of imide groups is 1. The summed E-state index contributed by atoms with van der Waals surface area (Å²) in [5, 5.41) is 0. The first kappa shape index (κ1) is 12.3. The second-order valence-electron chi connectivity index (χ2n) is 5.63. The van der Waals surface area contributed by atoms with Crippen LogP contribution in [-0.4, -0.2) is 16.7 Å². The van der Waals surface area contributed by atoms with E-state index in [9.17, 15) is 9.59 Å². The van der Waals surface area contributed by atoms with E-state index in [-0.39, 0.29) is 17.9 Å². The second kappa shape index (κ2) is 4.55. The van der Waals surface area contributed by atoms with Gasteiger partial charge in [-0.05, 0) is 42.5 Å². The van der Waals surface area contributed by atoms with E-state index in [4.69, 9.17) is 0 Å². The number of benzene rings is 2. The van der Waals surface area contributed by atoms with Crippen molar-refractivity contribution in [2.45, 2.75) is 25.3 Å². The van der Waals surface area contributed by atoms with Crippen molar-refractivity contribution in [1.82, 2.24) is 4.90 Å². The number of hydrogen-bond acceptors (Lipinski definition) is 2. The zero-order chi connectivity index (χ0) is 14.4. The molecule has 1 atom stereocenters. The summed E-state index contributed by atoms with van der Waals surface area (Å²) in [7, 11) is 0. The van der Waals surface area contributed by atoms with Crippen molar-refractivity contribution in [2.24, 2.45) is 0 Å². The molecular formula is C18H15NO2. The van der Waals surface area contributed by atoms with E-state index in [0.717, 1.165) is 24.8 Å². The highest BCUT2D eigenvalue weighted by Gasteiger charge is 2.41. The third kappa shape index (κ3) is 1.74. The van der Waals surface area contributed by atoms with Crippen LogP contribution >= 0.6 is 0 Å². The lowest BCUT2D eigenvalue weighted by molar-refractivity contribution is 0.0566. The van der Waals surface area contributed by atoms with Crippen LogP contribution in [0, 0.1) is 0 Å². The maximum Gasteiger partial charge on any atom is 0.262 e. The molecule has 104 valence electrons. The Hall–Kier alpha value is -2.42. The second-order valence-corrected chi connectivity index (χ2v) is 5.63. The summed E-state index contributed by atoms with van der Waals surface area (Å²) in [6, 6.07) is 15.1. The summed E-state index contributed by atoms with van der Waals surface area (Å²) < 4.78 is 0. The van der Waals surface area contributed by atoms with E-state index in [1.165, 1.54) is 10.5 Å². The van der Waals surface area contributed by atoms with Crippen LogP contribution in [0.25, 0.3) is 0 Å². The molecule has 0 fully saturated rings. The molecule has 2 aromatic carbocycles. The zero-order valence-corrected chi connectivity index (χ0v) is 11.6. The molecule has 2 aliphatic rings. The minimum Gasteiger partial charge on any atom is -0.269 e. The van der Waals surface area contributed by atoms with Gasteiger partial charge in [0.1, 0.15) is 0 Å². The topological polar surface area (TPSA) is 37.4 Å². The molecule has 3 nitrogen and oxygen atoms in total. The molecule has 4 rings (SSSR count). The van der Waals surface area contributed by atoms with Gasteiger partial charge in [0.05, 0.1) is 17.2 Å². The molecule has 0 aromatic heterocycles. The molecule has 0 N–H and O–H groups in total. The van der Waals surface area contributed by atoms with E-state index in [2.05, 4.69) is 6.07 Å². The fourth-order valence-electron chi connectivity index (χ4n) is 3.49. The normalized spacial score (nSPS) is 20.4. The van der Waals surface area contributed by atoms with Crippen LogP contribution in [0.3, 0.4) is 0 Å². The fourth-order valence-corrected chi connectivity index (χ4v) is 3.49. The lowest BCUT2D eigenvalue weighted by Crippen LogP contribution is -2.35. The number of carbonyl (C=O) groups excluding carboxylic acids is 2. The predicted octanol–water partition coefficient (Wildman–Crippen LogP) is 3.36. The summed E-state index contributed by atoms with van der Waals surface area (Å²) in [5.74, 6) is -0.311. The van der Waals surface area contributed by atoms with E-state index in [1.54, 1.807) is 12.1 Å². The Balaban J connectivity index is 1.80. The molecule has 2 amide bonds. The summed E-state index contributed by atoms with van der Waals surface area (Å²) in [6.07, 6.45) is 2.88. The largest absolute Gasteiger partial charge is 0.269 e. The van der Waals surface area contributed by atoms with Gasteiger partial charge in [-0.15, -0.1) is 0 Å². The van der Waals surface area contributed by atoms with Gasteiger partial charge >= 0.3 is 0 Å². The van der Waals surface area contributed by atoms with Crippen molar-refractivity contribution in [2.75, 3.05) is 0 Å². The zero-order valence-electron chi connectivity index (χ0n) is 11.6. The fraction of sp³-hybridized carbons (Fsp3) is 0.222. The molecule has 1 aliphatic heterocycles. The van der Waals surface area contributed by atoms with Crippen LogP contribution in [-0.2, 0) is 6.42 Å². The van der Waals surface area contributed by atoms with Crippen LogP contribution in [0.15, 0.2) is 48.5 Å². The van der Waals surface area contributed by atoms with Gasteiger partial charge < -0.3 is 0 Å². The molecule has 0 unspecified atom stereocenters. The maximum absolute atomic E-state index is 12.6. The average molecular weight is 277 g/mol. The smallest absolute Gasteiger partial charge is 0.262 e. The summed E-state index contributed by atoms with van der Waals surface area (Å²) in [6.45, 7) is 0. The van der Waals surface area contributed by atoms with Gasteiger partial charge in [0.25, 0.3) is 11.8 Å². The summed E-state index contributed by atoms with van der Waals surface area (Å²) >= 11 is 0. The molecule has 0 saturated carbocycles. The van der Waals surface area contributed by atoms with Crippen molar-refractivity contribution in [3.8, 4) is 0 Å². The minimum absolute atomic E-state index is 0.123. The third-order valence-corrected chi connectivity index (χ3v) is 4.47. The van der Waals surface area contributed by atoms with Crippen molar-refractivity contribution in [3.05, 3.63) is 70.8 Å². The van der Waals surface area contributed by atoms with Crippen LogP contribution in [0.2, 0.25) is 0 Å². The number of hydrogen-bond donors (Lipinski definition) is 0. The first-order valence-electron chi connectivity index (χ1n) is 7.32.